The summed E-state index contributed by atoms with van der Waals surface area (Å²) in [5.74, 6) is -0.484. The average molecular weight is 259 g/mol. The van der Waals surface area contributed by atoms with Gasteiger partial charge in [0.15, 0.2) is 5.82 Å². The number of nitrogen functional groups attached to an aromatic ring is 1. The summed E-state index contributed by atoms with van der Waals surface area (Å²) in [5.41, 5.74) is 7.01. The Kier molecular flexibility index (Phi) is 2.59. The molecule has 0 saturated carbocycles. The highest BCUT2D eigenvalue weighted by Crippen LogP contribution is 2.29. The molecular weight excluding hydrogens is 246 g/mol. The van der Waals surface area contributed by atoms with Crippen LogP contribution < -0.4 is 5.73 Å². The van der Waals surface area contributed by atoms with Crippen molar-refractivity contribution in [1.29, 1.82) is 0 Å². The summed E-state index contributed by atoms with van der Waals surface area (Å²) in [5, 5.41) is 8.04. The summed E-state index contributed by atoms with van der Waals surface area (Å²) in [6, 6.07) is 5.62. The molecule has 0 unspecified atom stereocenters. The number of hydrogen-bond acceptors (Lipinski definition) is 6. The van der Waals surface area contributed by atoms with Crippen LogP contribution in [0.15, 0.2) is 36.9 Å². The molecule has 0 radical (unpaired) electrons. The molecule has 3 heterocycles. The standard InChI is InChI=1S/C12H13N5O2/c1-12(18-5-6-19-12)10-4-2-3-9(15-10)8-17-14-7-11(13)16-17/h2-7H,8H2,1H3,(H2,13,16). The molecule has 0 atom stereocenters. The Bertz CT molecular complexity index is 614. The molecule has 0 bridgehead atoms. The minimum atomic E-state index is -0.868. The van der Waals surface area contributed by atoms with Crippen LogP contribution in [0.1, 0.15) is 18.3 Å². The molecule has 7 heteroatoms. The van der Waals surface area contributed by atoms with Crippen molar-refractivity contribution in [1.82, 2.24) is 20.0 Å². The summed E-state index contributed by atoms with van der Waals surface area (Å²) in [4.78, 5) is 5.98. The molecule has 98 valence electrons. The second-order valence-corrected chi connectivity index (χ2v) is 4.27. The lowest BCUT2D eigenvalue weighted by atomic mass is 10.2. The molecule has 0 aliphatic carbocycles. The van der Waals surface area contributed by atoms with E-state index in [2.05, 4.69) is 15.2 Å². The van der Waals surface area contributed by atoms with Crippen molar-refractivity contribution in [2.75, 3.05) is 5.73 Å². The Morgan fingerprint density at radius 1 is 1.32 bits per heavy atom. The van der Waals surface area contributed by atoms with E-state index in [-0.39, 0.29) is 0 Å². The van der Waals surface area contributed by atoms with Crippen molar-refractivity contribution < 1.29 is 9.47 Å². The van der Waals surface area contributed by atoms with Gasteiger partial charge in [0.05, 0.1) is 11.9 Å². The van der Waals surface area contributed by atoms with Crippen LogP contribution in [-0.2, 0) is 21.8 Å². The highest BCUT2D eigenvalue weighted by atomic mass is 16.7. The molecule has 1 aliphatic rings. The van der Waals surface area contributed by atoms with Gasteiger partial charge in [-0.25, -0.2) is 4.98 Å². The number of anilines is 1. The first-order valence-corrected chi connectivity index (χ1v) is 5.78. The van der Waals surface area contributed by atoms with E-state index in [1.165, 1.54) is 23.5 Å². The molecule has 0 fully saturated rings. The predicted octanol–water partition coefficient (Wildman–Crippen LogP) is 0.994. The van der Waals surface area contributed by atoms with Gasteiger partial charge in [-0.3, -0.25) is 0 Å². The maximum atomic E-state index is 5.52. The molecule has 0 amide bonds. The van der Waals surface area contributed by atoms with Crippen LogP contribution in [0.4, 0.5) is 5.82 Å². The molecule has 0 saturated heterocycles. The molecule has 0 spiro atoms. The lowest BCUT2D eigenvalue weighted by molar-refractivity contribution is -0.136. The van der Waals surface area contributed by atoms with E-state index in [0.29, 0.717) is 18.1 Å². The first-order valence-electron chi connectivity index (χ1n) is 5.78. The van der Waals surface area contributed by atoms with E-state index < -0.39 is 5.79 Å². The molecule has 2 aromatic rings. The van der Waals surface area contributed by atoms with Gasteiger partial charge in [0, 0.05) is 6.92 Å². The monoisotopic (exact) mass is 259 g/mol. The van der Waals surface area contributed by atoms with Gasteiger partial charge in [0.1, 0.15) is 24.8 Å². The Morgan fingerprint density at radius 3 is 2.79 bits per heavy atom. The fourth-order valence-corrected chi connectivity index (χ4v) is 1.82. The lowest BCUT2D eigenvalue weighted by Gasteiger charge is -2.22. The summed E-state index contributed by atoms with van der Waals surface area (Å²) < 4.78 is 10.8. The Morgan fingerprint density at radius 2 is 2.11 bits per heavy atom. The largest absolute Gasteiger partial charge is 0.452 e. The smallest absolute Gasteiger partial charge is 0.290 e. The van der Waals surface area contributed by atoms with Crippen molar-refractivity contribution in [3.05, 3.63) is 48.3 Å². The Balaban J connectivity index is 1.84. The summed E-state index contributed by atoms with van der Waals surface area (Å²) in [6.07, 6.45) is 4.51. The van der Waals surface area contributed by atoms with E-state index in [9.17, 15) is 0 Å². The Hall–Kier alpha value is -2.57. The molecular formula is C12H13N5O2. The van der Waals surface area contributed by atoms with Crippen LogP contribution in [0.25, 0.3) is 0 Å². The van der Waals surface area contributed by atoms with Crippen LogP contribution in [0, 0.1) is 0 Å². The van der Waals surface area contributed by atoms with Crippen molar-refractivity contribution >= 4 is 5.82 Å². The zero-order valence-electron chi connectivity index (χ0n) is 10.4. The van der Waals surface area contributed by atoms with Crippen LogP contribution in [0.2, 0.25) is 0 Å². The van der Waals surface area contributed by atoms with Gasteiger partial charge in [-0.2, -0.15) is 9.90 Å². The van der Waals surface area contributed by atoms with Crippen molar-refractivity contribution in [2.45, 2.75) is 19.3 Å². The highest BCUT2D eigenvalue weighted by Gasteiger charge is 2.33. The maximum Gasteiger partial charge on any atom is 0.290 e. The number of hydrogen-bond donors (Lipinski definition) is 1. The number of nitrogens with two attached hydrogens (primary N) is 1. The quantitative estimate of drug-likeness (QED) is 0.884. The van der Waals surface area contributed by atoms with Crippen LogP contribution in [0.3, 0.4) is 0 Å². The number of ether oxygens (including phenoxy) is 2. The number of nitrogens with zero attached hydrogens (tertiary/aromatic N) is 4. The van der Waals surface area contributed by atoms with Gasteiger partial charge in [-0.1, -0.05) is 6.07 Å². The van der Waals surface area contributed by atoms with E-state index in [1.807, 2.05) is 25.1 Å². The van der Waals surface area contributed by atoms with Gasteiger partial charge in [-0.15, -0.1) is 5.10 Å². The van der Waals surface area contributed by atoms with Crippen LogP contribution >= 0.6 is 0 Å². The first kappa shape index (κ1) is 11.5. The molecule has 19 heavy (non-hydrogen) atoms. The summed E-state index contributed by atoms with van der Waals surface area (Å²) in [7, 11) is 0. The third-order valence-corrected chi connectivity index (χ3v) is 2.77. The number of pyridine rings is 1. The fourth-order valence-electron chi connectivity index (χ4n) is 1.82. The van der Waals surface area contributed by atoms with E-state index in [0.717, 1.165) is 5.69 Å². The maximum absolute atomic E-state index is 5.52. The number of rotatable bonds is 3. The van der Waals surface area contributed by atoms with E-state index in [4.69, 9.17) is 15.2 Å². The molecule has 2 N–H and O–H groups in total. The van der Waals surface area contributed by atoms with Gasteiger partial charge in [0.25, 0.3) is 5.79 Å². The number of aromatic nitrogens is 4. The van der Waals surface area contributed by atoms with Crippen molar-refractivity contribution in [3.8, 4) is 0 Å². The minimum absolute atomic E-state index is 0.384. The second-order valence-electron chi connectivity index (χ2n) is 4.27. The van der Waals surface area contributed by atoms with Gasteiger partial charge >= 0.3 is 0 Å². The van der Waals surface area contributed by atoms with Crippen molar-refractivity contribution in [2.24, 2.45) is 0 Å². The van der Waals surface area contributed by atoms with E-state index in [1.54, 1.807) is 0 Å². The predicted molar refractivity (Wildman–Crippen MR) is 66.4 cm³/mol. The lowest BCUT2D eigenvalue weighted by Crippen LogP contribution is -2.24. The van der Waals surface area contributed by atoms with Gasteiger partial charge in [0.2, 0.25) is 0 Å². The molecule has 3 rings (SSSR count). The SMILES string of the molecule is CC1(c2cccc(Cn3ncc(N)n3)n2)OC=CO1. The van der Waals surface area contributed by atoms with Gasteiger partial charge < -0.3 is 15.2 Å². The zero-order chi connectivity index (χ0) is 13.3. The summed E-state index contributed by atoms with van der Waals surface area (Å²) >= 11 is 0. The topological polar surface area (TPSA) is 88.1 Å². The second kappa shape index (κ2) is 4.27. The van der Waals surface area contributed by atoms with E-state index >= 15 is 0 Å². The van der Waals surface area contributed by atoms with Crippen LogP contribution in [-0.4, -0.2) is 20.0 Å². The third kappa shape index (κ3) is 2.22. The first-order chi connectivity index (χ1) is 9.16. The van der Waals surface area contributed by atoms with Crippen LogP contribution in [0.5, 0.6) is 0 Å². The zero-order valence-corrected chi connectivity index (χ0v) is 10.4. The van der Waals surface area contributed by atoms with Crippen molar-refractivity contribution in [3.63, 3.8) is 0 Å². The molecule has 0 aromatic carbocycles. The molecule has 1 aliphatic heterocycles. The highest BCUT2D eigenvalue weighted by molar-refractivity contribution is 5.20. The summed E-state index contributed by atoms with van der Waals surface area (Å²) in [6.45, 7) is 2.25. The fraction of sp³-hybridized carbons (Fsp3) is 0.250. The van der Waals surface area contributed by atoms with Gasteiger partial charge in [-0.05, 0) is 12.1 Å². The average Bonchev–Trinajstić information content (AvgIpc) is 3.00. The Labute approximate surface area is 109 Å². The molecule has 2 aromatic heterocycles. The molecule has 7 nitrogen and oxygen atoms in total. The third-order valence-electron chi connectivity index (χ3n) is 2.77. The normalized spacial score (nSPS) is 16.1. The minimum Gasteiger partial charge on any atom is -0.452 e.